The van der Waals surface area contributed by atoms with Crippen molar-refractivity contribution >= 4 is 12.0 Å². The van der Waals surface area contributed by atoms with Gasteiger partial charge in [-0.3, -0.25) is 4.79 Å². The third-order valence-corrected chi connectivity index (χ3v) is 3.27. The van der Waals surface area contributed by atoms with E-state index in [1.165, 1.54) is 18.2 Å². The van der Waals surface area contributed by atoms with Crippen molar-refractivity contribution in [2.75, 3.05) is 6.61 Å². The molecule has 1 amide bonds. The zero-order chi connectivity index (χ0) is 16.7. The van der Waals surface area contributed by atoms with Crippen molar-refractivity contribution in [3.8, 4) is 5.75 Å². The number of benzene rings is 2. The summed E-state index contributed by atoms with van der Waals surface area (Å²) in [6.45, 7) is 4.24. The van der Waals surface area contributed by atoms with E-state index in [1.807, 2.05) is 38.1 Å². The van der Waals surface area contributed by atoms with Crippen LogP contribution in [0.1, 0.15) is 18.1 Å². The second kappa shape index (κ2) is 8.13. The van der Waals surface area contributed by atoms with Gasteiger partial charge in [0.1, 0.15) is 18.2 Å². The molecule has 2 aromatic carbocycles. The summed E-state index contributed by atoms with van der Waals surface area (Å²) in [5.41, 5.74) is 1.83. The predicted molar refractivity (Wildman–Crippen MR) is 89.7 cm³/mol. The van der Waals surface area contributed by atoms with Gasteiger partial charge >= 0.3 is 0 Å². The number of carbonyl (C=O) groups is 1. The van der Waals surface area contributed by atoms with Crippen molar-refractivity contribution in [2.24, 2.45) is 0 Å². The average Bonchev–Trinajstić information content (AvgIpc) is 2.53. The van der Waals surface area contributed by atoms with Crippen LogP contribution in [0, 0.1) is 12.7 Å². The maximum Gasteiger partial charge on any atom is 0.244 e. The standard InChI is InChI=1S/C19H20FNO2/c1-14-5-3-4-6-18(14)23-13-15(2)21-19(22)12-9-16-7-10-17(20)11-8-16/h3-12,15H,13H2,1-2H3,(H,21,22)/b12-9+. The maximum absolute atomic E-state index is 12.8. The second-order valence-corrected chi connectivity index (χ2v) is 5.37. The SMILES string of the molecule is Cc1ccccc1OCC(C)NC(=O)/C=C/c1ccc(F)cc1. The van der Waals surface area contributed by atoms with Gasteiger partial charge in [0.2, 0.25) is 5.91 Å². The Morgan fingerprint density at radius 3 is 2.61 bits per heavy atom. The minimum absolute atomic E-state index is 0.125. The van der Waals surface area contributed by atoms with Gasteiger partial charge < -0.3 is 10.1 Å². The number of hydrogen-bond donors (Lipinski definition) is 1. The molecular weight excluding hydrogens is 293 g/mol. The van der Waals surface area contributed by atoms with E-state index in [0.717, 1.165) is 16.9 Å². The fourth-order valence-electron chi connectivity index (χ4n) is 2.01. The van der Waals surface area contributed by atoms with Crippen LogP contribution >= 0.6 is 0 Å². The molecule has 0 aliphatic heterocycles. The number of carbonyl (C=O) groups excluding carboxylic acids is 1. The summed E-state index contributed by atoms with van der Waals surface area (Å²) in [4.78, 5) is 11.8. The van der Waals surface area contributed by atoms with Crippen molar-refractivity contribution in [1.82, 2.24) is 5.32 Å². The first-order valence-corrected chi connectivity index (χ1v) is 7.47. The van der Waals surface area contributed by atoms with Crippen molar-refractivity contribution in [2.45, 2.75) is 19.9 Å². The molecule has 0 fully saturated rings. The number of halogens is 1. The van der Waals surface area contributed by atoms with E-state index in [4.69, 9.17) is 4.74 Å². The maximum atomic E-state index is 12.8. The molecule has 0 bridgehead atoms. The molecule has 23 heavy (non-hydrogen) atoms. The number of hydrogen-bond acceptors (Lipinski definition) is 2. The quantitative estimate of drug-likeness (QED) is 0.825. The van der Waals surface area contributed by atoms with Gasteiger partial charge in [-0.15, -0.1) is 0 Å². The molecule has 0 spiro atoms. The molecule has 0 heterocycles. The van der Waals surface area contributed by atoms with Gasteiger partial charge in [0.25, 0.3) is 0 Å². The van der Waals surface area contributed by atoms with Gasteiger partial charge in [-0.2, -0.15) is 0 Å². The number of amides is 1. The van der Waals surface area contributed by atoms with Crippen LogP contribution in [0.5, 0.6) is 5.75 Å². The molecule has 1 N–H and O–H groups in total. The van der Waals surface area contributed by atoms with E-state index in [9.17, 15) is 9.18 Å². The van der Waals surface area contributed by atoms with Gasteiger partial charge in [0.15, 0.2) is 0 Å². The highest BCUT2D eigenvalue weighted by Gasteiger charge is 2.06. The van der Waals surface area contributed by atoms with E-state index in [2.05, 4.69) is 5.32 Å². The summed E-state index contributed by atoms with van der Waals surface area (Å²) >= 11 is 0. The van der Waals surface area contributed by atoms with E-state index >= 15 is 0 Å². The third-order valence-electron chi connectivity index (χ3n) is 3.27. The Hall–Kier alpha value is -2.62. The molecule has 3 nitrogen and oxygen atoms in total. The largest absolute Gasteiger partial charge is 0.491 e. The lowest BCUT2D eigenvalue weighted by Crippen LogP contribution is -2.35. The normalized spacial score (nSPS) is 12.1. The van der Waals surface area contributed by atoms with Crippen molar-refractivity contribution in [1.29, 1.82) is 0 Å². The summed E-state index contributed by atoms with van der Waals surface area (Å²) in [6.07, 6.45) is 3.07. The van der Waals surface area contributed by atoms with Crippen molar-refractivity contribution in [3.05, 3.63) is 71.6 Å². The van der Waals surface area contributed by atoms with Crippen LogP contribution < -0.4 is 10.1 Å². The number of para-hydroxylation sites is 1. The molecule has 1 unspecified atom stereocenters. The minimum Gasteiger partial charge on any atom is -0.491 e. The van der Waals surface area contributed by atoms with Gasteiger partial charge in [-0.1, -0.05) is 30.3 Å². The second-order valence-electron chi connectivity index (χ2n) is 5.37. The van der Waals surface area contributed by atoms with Crippen LogP contribution in [0.25, 0.3) is 6.08 Å². The molecule has 4 heteroatoms. The number of nitrogens with one attached hydrogen (secondary N) is 1. The summed E-state index contributed by atoms with van der Waals surface area (Å²) in [7, 11) is 0. The monoisotopic (exact) mass is 313 g/mol. The van der Waals surface area contributed by atoms with Gasteiger partial charge in [0.05, 0.1) is 6.04 Å². The zero-order valence-electron chi connectivity index (χ0n) is 13.3. The minimum atomic E-state index is -0.298. The summed E-state index contributed by atoms with van der Waals surface area (Å²) in [5.74, 6) is 0.305. The molecule has 2 rings (SSSR count). The first-order valence-electron chi connectivity index (χ1n) is 7.47. The zero-order valence-corrected chi connectivity index (χ0v) is 13.3. The number of ether oxygens (including phenoxy) is 1. The van der Waals surface area contributed by atoms with Crippen LogP contribution in [0.2, 0.25) is 0 Å². The van der Waals surface area contributed by atoms with E-state index in [1.54, 1.807) is 18.2 Å². The molecule has 1 atom stereocenters. The van der Waals surface area contributed by atoms with Gasteiger partial charge in [-0.25, -0.2) is 4.39 Å². The molecule has 120 valence electrons. The van der Waals surface area contributed by atoms with Crippen molar-refractivity contribution in [3.63, 3.8) is 0 Å². The Morgan fingerprint density at radius 1 is 1.22 bits per heavy atom. The molecule has 0 aliphatic carbocycles. The molecule has 2 aromatic rings. The summed E-state index contributed by atoms with van der Waals surface area (Å²) in [5, 5.41) is 2.83. The Morgan fingerprint density at radius 2 is 1.91 bits per heavy atom. The van der Waals surface area contributed by atoms with Crippen LogP contribution in [0.4, 0.5) is 4.39 Å². The summed E-state index contributed by atoms with van der Waals surface area (Å²) < 4.78 is 18.5. The highest BCUT2D eigenvalue weighted by Crippen LogP contribution is 2.16. The van der Waals surface area contributed by atoms with Crippen molar-refractivity contribution < 1.29 is 13.9 Å². The lowest BCUT2D eigenvalue weighted by atomic mass is 10.2. The Labute approximate surface area is 135 Å². The predicted octanol–water partition coefficient (Wildman–Crippen LogP) is 3.73. The van der Waals surface area contributed by atoms with Gasteiger partial charge in [-0.05, 0) is 49.2 Å². The van der Waals surface area contributed by atoms with E-state index < -0.39 is 0 Å². The lowest BCUT2D eigenvalue weighted by Gasteiger charge is -2.15. The first kappa shape index (κ1) is 16.7. The average molecular weight is 313 g/mol. The first-order chi connectivity index (χ1) is 11.0. The number of aryl methyl sites for hydroxylation is 1. The van der Waals surface area contributed by atoms with Crippen LogP contribution in [0.15, 0.2) is 54.6 Å². The van der Waals surface area contributed by atoms with Crippen LogP contribution in [0.3, 0.4) is 0 Å². The van der Waals surface area contributed by atoms with Gasteiger partial charge in [0, 0.05) is 6.08 Å². The molecular formula is C19H20FNO2. The Bertz CT molecular complexity index is 680. The molecule has 0 aliphatic rings. The smallest absolute Gasteiger partial charge is 0.244 e. The van der Waals surface area contributed by atoms with Crippen LogP contribution in [-0.4, -0.2) is 18.6 Å². The number of rotatable bonds is 6. The molecule has 0 saturated carbocycles. The highest BCUT2D eigenvalue weighted by molar-refractivity contribution is 5.91. The van der Waals surface area contributed by atoms with Crippen LogP contribution in [-0.2, 0) is 4.79 Å². The highest BCUT2D eigenvalue weighted by atomic mass is 19.1. The Kier molecular flexibility index (Phi) is 5.92. The fourth-order valence-corrected chi connectivity index (χ4v) is 2.01. The van der Waals surface area contributed by atoms with E-state index in [-0.39, 0.29) is 17.8 Å². The third kappa shape index (κ3) is 5.58. The Balaban J connectivity index is 1.80. The molecule has 0 radical (unpaired) electrons. The fraction of sp³-hybridized carbons (Fsp3) is 0.211. The van der Waals surface area contributed by atoms with E-state index in [0.29, 0.717) is 6.61 Å². The molecule has 0 aromatic heterocycles. The summed E-state index contributed by atoms with van der Waals surface area (Å²) in [6, 6.07) is 13.6. The lowest BCUT2D eigenvalue weighted by molar-refractivity contribution is -0.117. The molecule has 0 saturated heterocycles. The topological polar surface area (TPSA) is 38.3 Å².